The van der Waals surface area contributed by atoms with Crippen LogP contribution in [0.3, 0.4) is 0 Å². The van der Waals surface area contributed by atoms with E-state index in [-0.39, 0.29) is 5.75 Å². The van der Waals surface area contributed by atoms with E-state index in [1.807, 2.05) is 26.0 Å². The largest absolute Gasteiger partial charge is 0.508 e. The van der Waals surface area contributed by atoms with E-state index in [0.717, 1.165) is 29.9 Å². The minimum absolute atomic E-state index is 0.244. The summed E-state index contributed by atoms with van der Waals surface area (Å²) in [6.07, 6.45) is 1.52. The van der Waals surface area contributed by atoms with Crippen molar-refractivity contribution >= 4 is 17.9 Å². The number of hydrogen-bond donors (Lipinski definition) is 2. The molecule has 1 aromatic heterocycles. The Morgan fingerprint density at radius 1 is 1.37 bits per heavy atom. The number of aryl methyl sites for hydroxylation is 1. The molecule has 0 aliphatic carbocycles. The number of phenols is 1. The maximum absolute atomic E-state index is 9.32. The molecular formula is C13H16N4OS. The van der Waals surface area contributed by atoms with Crippen LogP contribution in [-0.2, 0) is 6.42 Å². The molecule has 2 N–H and O–H groups in total. The molecule has 100 valence electrons. The van der Waals surface area contributed by atoms with Crippen LogP contribution in [0.2, 0.25) is 0 Å². The Hall–Kier alpha value is -1.95. The van der Waals surface area contributed by atoms with Crippen molar-refractivity contribution < 1.29 is 5.11 Å². The lowest BCUT2D eigenvalue weighted by molar-refractivity contribution is 0.475. The molecule has 0 aliphatic rings. The van der Waals surface area contributed by atoms with E-state index in [4.69, 9.17) is 12.2 Å². The first kappa shape index (κ1) is 13.5. The molecule has 0 amide bonds. The molecule has 0 saturated carbocycles. The van der Waals surface area contributed by atoms with Gasteiger partial charge in [0, 0.05) is 6.42 Å². The highest BCUT2D eigenvalue weighted by atomic mass is 32.1. The van der Waals surface area contributed by atoms with Crippen molar-refractivity contribution in [3.8, 4) is 5.75 Å². The fourth-order valence-corrected chi connectivity index (χ4v) is 1.96. The lowest BCUT2D eigenvalue weighted by Gasteiger charge is -2.05. The highest BCUT2D eigenvalue weighted by Crippen LogP contribution is 2.13. The lowest BCUT2D eigenvalue weighted by atomic mass is 10.1. The van der Waals surface area contributed by atoms with Gasteiger partial charge < -0.3 is 5.11 Å². The molecule has 0 saturated heterocycles. The van der Waals surface area contributed by atoms with Gasteiger partial charge in [0.25, 0.3) is 0 Å². The van der Waals surface area contributed by atoms with Crippen LogP contribution >= 0.6 is 12.2 Å². The third kappa shape index (κ3) is 2.90. The SMILES string of the molecule is CCC(=Nn1c(CC)n[nH]c1=S)c1ccc(O)cc1. The van der Waals surface area contributed by atoms with Gasteiger partial charge in [0.1, 0.15) is 5.75 Å². The Kier molecular flexibility index (Phi) is 4.11. The van der Waals surface area contributed by atoms with E-state index >= 15 is 0 Å². The second-order valence-electron chi connectivity index (χ2n) is 4.06. The second kappa shape index (κ2) is 5.79. The average Bonchev–Trinajstić information content (AvgIpc) is 2.78. The molecule has 2 rings (SSSR count). The number of benzene rings is 1. The summed E-state index contributed by atoms with van der Waals surface area (Å²) in [5, 5.41) is 20.8. The van der Waals surface area contributed by atoms with Crippen LogP contribution in [-0.4, -0.2) is 25.7 Å². The normalized spacial score (nSPS) is 11.8. The number of aromatic hydroxyl groups is 1. The van der Waals surface area contributed by atoms with Crippen LogP contribution in [0.15, 0.2) is 29.4 Å². The Bertz CT molecular complexity index is 639. The average molecular weight is 276 g/mol. The molecule has 0 bridgehead atoms. The summed E-state index contributed by atoms with van der Waals surface area (Å²) in [4.78, 5) is 0. The number of hydrogen-bond acceptors (Lipinski definition) is 4. The van der Waals surface area contributed by atoms with Gasteiger partial charge in [-0.1, -0.05) is 13.8 Å². The Balaban J connectivity index is 2.46. The molecule has 6 heteroatoms. The zero-order valence-electron chi connectivity index (χ0n) is 10.9. The van der Waals surface area contributed by atoms with E-state index in [9.17, 15) is 5.11 Å². The summed E-state index contributed by atoms with van der Waals surface area (Å²) in [6, 6.07) is 6.98. The fraction of sp³-hybridized carbons (Fsp3) is 0.308. The molecular weight excluding hydrogens is 260 g/mol. The summed E-state index contributed by atoms with van der Waals surface area (Å²) < 4.78 is 2.14. The van der Waals surface area contributed by atoms with Gasteiger partial charge in [-0.25, -0.2) is 0 Å². The minimum Gasteiger partial charge on any atom is -0.508 e. The standard InChI is InChI=1S/C13H16N4OS/c1-3-11(9-5-7-10(18)8-6-9)16-17-12(4-2)14-15-13(17)19/h5-8,18H,3-4H2,1-2H3,(H,15,19). The number of nitrogens with one attached hydrogen (secondary N) is 1. The molecule has 1 heterocycles. The van der Waals surface area contributed by atoms with Gasteiger partial charge in [-0.3, -0.25) is 5.10 Å². The maximum atomic E-state index is 9.32. The third-order valence-electron chi connectivity index (χ3n) is 2.79. The van der Waals surface area contributed by atoms with Crippen LogP contribution in [0, 0.1) is 4.77 Å². The van der Waals surface area contributed by atoms with Crippen LogP contribution < -0.4 is 0 Å². The van der Waals surface area contributed by atoms with Gasteiger partial charge in [-0.2, -0.15) is 14.9 Å². The molecule has 0 fully saturated rings. The summed E-state index contributed by atoms with van der Waals surface area (Å²) in [5.41, 5.74) is 1.86. The number of aromatic nitrogens is 3. The van der Waals surface area contributed by atoms with Crippen molar-refractivity contribution in [1.29, 1.82) is 0 Å². The Morgan fingerprint density at radius 2 is 2.05 bits per heavy atom. The topological polar surface area (TPSA) is 66.2 Å². The van der Waals surface area contributed by atoms with Gasteiger partial charge in [0.15, 0.2) is 5.82 Å². The van der Waals surface area contributed by atoms with Crippen molar-refractivity contribution in [3.05, 3.63) is 40.4 Å². The van der Waals surface area contributed by atoms with E-state index in [1.165, 1.54) is 0 Å². The molecule has 0 radical (unpaired) electrons. The highest BCUT2D eigenvalue weighted by Gasteiger charge is 2.06. The predicted molar refractivity (Wildman–Crippen MR) is 77.1 cm³/mol. The van der Waals surface area contributed by atoms with E-state index < -0.39 is 0 Å². The van der Waals surface area contributed by atoms with Crippen molar-refractivity contribution in [2.75, 3.05) is 0 Å². The first-order valence-electron chi connectivity index (χ1n) is 6.19. The zero-order valence-corrected chi connectivity index (χ0v) is 11.7. The molecule has 1 aromatic carbocycles. The van der Waals surface area contributed by atoms with Crippen LogP contribution in [0.1, 0.15) is 31.7 Å². The van der Waals surface area contributed by atoms with Crippen LogP contribution in [0.4, 0.5) is 0 Å². The Morgan fingerprint density at radius 3 is 2.63 bits per heavy atom. The lowest BCUT2D eigenvalue weighted by Crippen LogP contribution is -2.05. The molecule has 0 unspecified atom stereocenters. The second-order valence-corrected chi connectivity index (χ2v) is 4.44. The first-order chi connectivity index (χ1) is 9.15. The van der Waals surface area contributed by atoms with Crippen LogP contribution in [0.5, 0.6) is 5.75 Å². The van der Waals surface area contributed by atoms with E-state index in [1.54, 1.807) is 16.8 Å². The maximum Gasteiger partial charge on any atom is 0.216 e. The summed E-state index contributed by atoms with van der Waals surface area (Å²) in [7, 11) is 0. The molecule has 0 atom stereocenters. The van der Waals surface area contributed by atoms with Crippen LogP contribution in [0.25, 0.3) is 0 Å². The van der Waals surface area contributed by atoms with Gasteiger partial charge in [0.2, 0.25) is 4.77 Å². The fourth-order valence-electron chi connectivity index (χ4n) is 1.76. The van der Waals surface area contributed by atoms with Gasteiger partial charge in [-0.15, -0.1) is 0 Å². The molecule has 0 spiro atoms. The first-order valence-corrected chi connectivity index (χ1v) is 6.60. The van der Waals surface area contributed by atoms with Gasteiger partial charge >= 0.3 is 0 Å². The van der Waals surface area contributed by atoms with Crippen molar-refractivity contribution in [2.24, 2.45) is 5.10 Å². The molecule has 5 nitrogen and oxygen atoms in total. The quantitative estimate of drug-likeness (QED) is 0.666. The smallest absolute Gasteiger partial charge is 0.216 e. The number of H-pyrrole nitrogens is 1. The van der Waals surface area contributed by atoms with E-state index in [0.29, 0.717) is 4.77 Å². The van der Waals surface area contributed by atoms with Crippen molar-refractivity contribution in [3.63, 3.8) is 0 Å². The zero-order chi connectivity index (χ0) is 13.8. The summed E-state index contributed by atoms with van der Waals surface area (Å²) in [5.74, 6) is 1.04. The number of phenolic OH excluding ortho intramolecular Hbond substituents is 1. The number of nitrogens with zero attached hydrogens (tertiary/aromatic N) is 3. The van der Waals surface area contributed by atoms with E-state index in [2.05, 4.69) is 15.3 Å². The van der Waals surface area contributed by atoms with Crippen molar-refractivity contribution in [2.45, 2.75) is 26.7 Å². The molecule has 0 aliphatic heterocycles. The summed E-state index contributed by atoms with van der Waals surface area (Å²) in [6.45, 7) is 4.03. The summed E-state index contributed by atoms with van der Waals surface area (Å²) >= 11 is 5.17. The third-order valence-corrected chi connectivity index (χ3v) is 3.05. The molecule has 19 heavy (non-hydrogen) atoms. The van der Waals surface area contributed by atoms with Crippen molar-refractivity contribution in [1.82, 2.24) is 14.9 Å². The molecule has 2 aromatic rings. The highest BCUT2D eigenvalue weighted by molar-refractivity contribution is 7.71. The predicted octanol–water partition coefficient (Wildman–Crippen LogP) is 2.87. The Labute approximate surface area is 116 Å². The minimum atomic E-state index is 0.244. The number of aromatic amines is 1. The number of rotatable bonds is 4. The van der Waals surface area contributed by atoms with Gasteiger partial charge in [-0.05, 0) is 48.5 Å². The van der Waals surface area contributed by atoms with Gasteiger partial charge in [0.05, 0.1) is 5.71 Å². The monoisotopic (exact) mass is 276 g/mol.